The molecule has 0 aliphatic carbocycles. The van der Waals surface area contributed by atoms with Crippen molar-refractivity contribution in [3.63, 3.8) is 0 Å². The molecule has 1 amide bonds. The van der Waals surface area contributed by atoms with E-state index >= 15 is 0 Å². The first-order valence-electron chi connectivity index (χ1n) is 8.23. The molecule has 134 valence electrons. The van der Waals surface area contributed by atoms with Crippen LogP contribution >= 0.6 is 0 Å². The second-order valence-electron chi connectivity index (χ2n) is 6.06. The first-order valence-corrected chi connectivity index (χ1v) is 8.23. The van der Waals surface area contributed by atoms with Crippen molar-refractivity contribution in [3.8, 4) is 5.75 Å². The van der Waals surface area contributed by atoms with E-state index in [9.17, 15) is 4.79 Å². The third-order valence-corrected chi connectivity index (χ3v) is 3.38. The van der Waals surface area contributed by atoms with Gasteiger partial charge in [0.2, 0.25) is 0 Å². The van der Waals surface area contributed by atoms with Gasteiger partial charge >= 0.3 is 0 Å². The lowest BCUT2D eigenvalue weighted by atomic mass is 10.2. The summed E-state index contributed by atoms with van der Waals surface area (Å²) in [5, 5.41) is 9.63. The normalized spacial score (nSPS) is 10.6. The SMILES string of the molecule is Cc1cc(NC(=O)c2cncc(Nc3ccc(OC(C)C)cc3)c2)no1. The minimum absolute atomic E-state index is 0.127. The molecule has 2 N–H and O–H groups in total. The van der Waals surface area contributed by atoms with E-state index in [-0.39, 0.29) is 12.0 Å². The number of hydrogen-bond acceptors (Lipinski definition) is 6. The summed E-state index contributed by atoms with van der Waals surface area (Å²) in [6.45, 7) is 5.72. The van der Waals surface area contributed by atoms with E-state index in [2.05, 4.69) is 20.8 Å². The number of nitrogens with zero attached hydrogens (tertiary/aromatic N) is 2. The number of rotatable bonds is 6. The average Bonchev–Trinajstić information content (AvgIpc) is 3.01. The number of pyridine rings is 1. The van der Waals surface area contributed by atoms with Crippen molar-refractivity contribution in [2.45, 2.75) is 26.9 Å². The highest BCUT2D eigenvalue weighted by Crippen LogP contribution is 2.21. The number of carbonyl (C=O) groups excluding carboxylic acids is 1. The third-order valence-electron chi connectivity index (χ3n) is 3.38. The van der Waals surface area contributed by atoms with Crippen molar-refractivity contribution >= 4 is 23.1 Å². The van der Waals surface area contributed by atoms with Crippen LogP contribution in [0.4, 0.5) is 17.2 Å². The second kappa shape index (κ2) is 7.69. The minimum Gasteiger partial charge on any atom is -0.491 e. The number of aryl methyl sites for hydroxylation is 1. The third kappa shape index (κ3) is 4.60. The first-order chi connectivity index (χ1) is 12.5. The van der Waals surface area contributed by atoms with Gasteiger partial charge in [-0.1, -0.05) is 5.16 Å². The van der Waals surface area contributed by atoms with Crippen LogP contribution < -0.4 is 15.4 Å². The van der Waals surface area contributed by atoms with Gasteiger partial charge in [-0.15, -0.1) is 0 Å². The molecule has 1 aromatic carbocycles. The Bertz CT molecular complexity index is 888. The fourth-order valence-corrected chi connectivity index (χ4v) is 2.30. The molecule has 7 nitrogen and oxygen atoms in total. The monoisotopic (exact) mass is 352 g/mol. The molecule has 0 unspecified atom stereocenters. The summed E-state index contributed by atoms with van der Waals surface area (Å²) in [5.74, 6) is 1.49. The van der Waals surface area contributed by atoms with Crippen molar-refractivity contribution in [1.82, 2.24) is 10.1 Å². The number of aromatic nitrogens is 2. The van der Waals surface area contributed by atoms with Crippen LogP contribution in [0.3, 0.4) is 0 Å². The number of hydrogen-bond donors (Lipinski definition) is 2. The van der Waals surface area contributed by atoms with Gasteiger partial charge < -0.3 is 19.9 Å². The van der Waals surface area contributed by atoms with Crippen LogP contribution in [0.1, 0.15) is 30.0 Å². The zero-order chi connectivity index (χ0) is 18.5. The fraction of sp³-hybridized carbons (Fsp3) is 0.211. The number of carbonyl (C=O) groups is 1. The van der Waals surface area contributed by atoms with Crippen LogP contribution in [0.25, 0.3) is 0 Å². The average molecular weight is 352 g/mol. The lowest BCUT2D eigenvalue weighted by Gasteiger charge is -2.11. The Kier molecular flexibility index (Phi) is 5.17. The molecular weight excluding hydrogens is 332 g/mol. The molecule has 0 aliphatic heterocycles. The molecule has 0 aliphatic rings. The summed E-state index contributed by atoms with van der Waals surface area (Å²) in [5.41, 5.74) is 1.98. The van der Waals surface area contributed by atoms with Gasteiger partial charge in [0.25, 0.3) is 5.91 Å². The zero-order valence-electron chi connectivity index (χ0n) is 14.8. The van der Waals surface area contributed by atoms with Gasteiger partial charge in [-0.2, -0.15) is 0 Å². The van der Waals surface area contributed by atoms with E-state index in [4.69, 9.17) is 9.26 Å². The molecule has 0 atom stereocenters. The Labute approximate surface area is 151 Å². The summed E-state index contributed by atoms with van der Waals surface area (Å²) in [6, 6.07) is 11.0. The van der Waals surface area contributed by atoms with Gasteiger partial charge in [-0.3, -0.25) is 9.78 Å². The Balaban J connectivity index is 1.67. The molecule has 0 fully saturated rings. The quantitative estimate of drug-likeness (QED) is 0.692. The van der Waals surface area contributed by atoms with Crippen molar-refractivity contribution in [1.29, 1.82) is 0 Å². The van der Waals surface area contributed by atoms with Gasteiger partial charge in [0.05, 0.1) is 23.6 Å². The van der Waals surface area contributed by atoms with E-state index in [0.29, 0.717) is 22.8 Å². The highest BCUT2D eigenvalue weighted by molar-refractivity contribution is 6.04. The van der Waals surface area contributed by atoms with Gasteiger partial charge in [-0.05, 0) is 51.1 Å². The second-order valence-corrected chi connectivity index (χ2v) is 6.06. The van der Waals surface area contributed by atoms with E-state index in [1.54, 1.807) is 25.3 Å². The number of nitrogens with one attached hydrogen (secondary N) is 2. The summed E-state index contributed by atoms with van der Waals surface area (Å²) in [6.07, 6.45) is 3.27. The van der Waals surface area contributed by atoms with Gasteiger partial charge in [0.1, 0.15) is 11.5 Å². The number of anilines is 3. The predicted molar refractivity (Wildman–Crippen MR) is 98.9 cm³/mol. The minimum atomic E-state index is -0.310. The van der Waals surface area contributed by atoms with E-state index in [1.165, 1.54) is 6.20 Å². The molecular formula is C19H20N4O3. The summed E-state index contributed by atoms with van der Waals surface area (Å²) in [4.78, 5) is 16.4. The Morgan fingerprint density at radius 1 is 1.12 bits per heavy atom. The molecule has 3 rings (SSSR count). The molecule has 0 bridgehead atoms. The maximum absolute atomic E-state index is 12.3. The topological polar surface area (TPSA) is 89.3 Å². The Morgan fingerprint density at radius 3 is 2.54 bits per heavy atom. The lowest BCUT2D eigenvalue weighted by molar-refractivity contribution is 0.102. The first kappa shape index (κ1) is 17.5. The Hall–Kier alpha value is -3.35. The van der Waals surface area contributed by atoms with Crippen molar-refractivity contribution in [2.75, 3.05) is 10.6 Å². The van der Waals surface area contributed by atoms with Crippen LogP contribution in [-0.2, 0) is 0 Å². The number of benzene rings is 1. The van der Waals surface area contributed by atoms with Gasteiger partial charge in [0, 0.05) is 18.0 Å². The molecule has 2 aromatic heterocycles. The number of ether oxygens (including phenoxy) is 1. The Morgan fingerprint density at radius 2 is 1.88 bits per heavy atom. The van der Waals surface area contributed by atoms with Crippen LogP contribution in [-0.4, -0.2) is 22.2 Å². The van der Waals surface area contributed by atoms with E-state index in [0.717, 1.165) is 11.4 Å². The molecule has 7 heteroatoms. The van der Waals surface area contributed by atoms with Crippen LogP contribution in [0.2, 0.25) is 0 Å². The molecule has 0 radical (unpaired) electrons. The van der Waals surface area contributed by atoms with Crippen molar-refractivity contribution < 1.29 is 14.1 Å². The maximum Gasteiger partial charge on any atom is 0.258 e. The van der Waals surface area contributed by atoms with Crippen LogP contribution in [0.5, 0.6) is 5.75 Å². The summed E-state index contributed by atoms with van der Waals surface area (Å²) in [7, 11) is 0. The van der Waals surface area contributed by atoms with Crippen molar-refractivity contribution in [2.24, 2.45) is 0 Å². The zero-order valence-corrected chi connectivity index (χ0v) is 14.8. The predicted octanol–water partition coefficient (Wildman–Crippen LogP) is 4.16. The smallest absolute Gasteiger partial charge is 0.258 e. The standard InChI is InChI=1S/C19H20N4O3/c1-12(2)25-17-6-4-15(5-7-17)21-16-9-14(10-20-11-16)19(24)22-18-8-13(3)26-23-18/h4-12,21H,1-3H3,(H,22,23,24). The molecule has 0 saturated heterocycles. The van der Waals surface area contributed by atoms with Gasteiger partial charge in [-0.25, -0.2) is 0 Å². The highest BCUT2D eigenvalue weighted by atomic mass is 16.5. The van der Waals surface area contributed by atoms with E-state index < -0.39 is 0 Å². The van der Waals surface area contributed by atoms with Gasteiger partial charge in [0.15, 0.2) is 5.82 Å². The largest absolute Gasteiger partial charge is 0.491 e. The molecule has 0 saturated carbocycles. The fourth-order valence-electron chi connectivity index (χ4n) is 2.30. The molecule has 3 aromatic rings. The molecule has 2 heterocycles. The summed E-state index contributed by atoms with van der Waals surface area (Å²) < 4.78 is 10.6. The number of amides is 1. The molecule has 26 heavy (non-hydrogen) atoms. The molecule has 0 spiro atoms. The maximum atomic E-state index is 12.3. The lowest BCUT2D eigenvalue weighted by Crippen LogP contribution is -2.12. The summed E-state index contributed by atoms with van der Waals surface area (Å²) >= 11 is 0. The van der Waals surface area contributed by atoms with Crippen molar-refractivity contribution in [3.05, 3.63) is 60.1 Å². The van der Waals surface area contributed by atoms with Crippen LogP contribution in [0.15, 0.2) is 53.3 Å². The van der Waals surface area contributed by atoms with Crippen LogP contribution in [0, 0.1) is 6.92 Å². The highest BCUT2D eigenvalue weighted by Gasteiger charge is 2.10. The van der Waals surface area contributed by atoms with E-state index in [1.807, 2.05) is 38.1 Å².